The van der Waals surface area contributed by atoms with Crippen molar-refractivity contribution in [2.75, 3.05) is 13.1 Å². The van der Waals surface area contributed by atoms with Crippen molar-refractivity contribution in [1.82, 2.24) is 10.6 Å². The van der Waals surface area contributed by atoms with Crippen molar-refractivity contribution in [2.45, 2.75) is 25.4 Å². The van der Waals surface area contributed by atoms with Gasteiger partial charge in [0.1, 0.15) is 0 Å². The Hall–Kier alpha value is -0.860. The molecule has 1 saturated heterocycles. The zero-order chi connectivity index (χ0) is 10.0. The smallest absolute Gasteiger partial charge is 0.0380 e. The van der Waals surface area contributed by atoms with Crippen LogP contribution in [0.4, 0.5) is 0 Å². The van der Waals surface area contributed by atoms with Crippen molar-refractivity contribution in [1.29, 1.82) is 0 Å². The first-order valence-corrected chi connectivity index (χ1v) is 5.22. The quantitative estimate of drug-likeness (QED) is 0.754. The van der Waals surface area contributed by atoms with Crippen LogP contribution in [0.5, 0.6) is 0 Å². The van der Waals surface area contributed by atoms with Gasteiger partial charge in [-0.15, -0.1) is 0 Å². The molecule has 1 aliphatic heterocycles. The van der Waals surface area contributed by atoms with Gasteiger partial charge < -0.3 is 10.6 Å². The van der Waals surface area contributed by atoms with Crippen molar-refractivity contribution in [3.63, 3.8) is 0 Å². The van der Waals surface area contributed by atoms with Crippen molar-refractivity contribution in [3.05, 3.63) is 35.9 Å². The summed E-state index contributed by atoms with van der Waals surface area (Å²) in [6.45, 7) is 6.66. The summed E-state index contributed by atoms with van der Waals surface area (Å²) in [6, 6.07) is 11.2. The maximum Gasteiger partial charge on any atom is 0.0380 e. The van der Waals surface area contributed by atoms with Gasteiger partial charge >= 0.3 is 0 Å². The molecule has 0 unspecified atom stereocenters. The lowest BCUT2D eigenvalue weighted by Crippen LogP contribution is -2.59. The first-order chi connectivity index (χ1) is 6.68. The first-order valence-electron chi connectivity index (χ1n) is 5.22. The predicted octanol–water partition coefficient (Wildman–Crippen LogP) is 1.48. The average Bonchev–Trinajstić information content (AvgIpc) is 2.13. The SMILES string of the molecule is CC(C)(NC1CNC1)c1ccccc1. The van der Waals surface area contributed by atoms with E-state index in [-0.39, 0.29) is 5.54 Å². The monoisotopic (exact) mass is 190 g/mol. The highest BCUT2D eigenvalue weighted by Crippen LogP contribution is 2.20. The Balaban J connectivity index is 2.06. The maximum atomic E-state index is 3.65. The van der Waals surface area contributed by atoms with E-state index in [1.807, 2.05) is 0 Å². The molecule has 2 heteroatoms. The first kappa shape index (κ1) is 9.69. The fourth-order valence-electron chi connectivity index (χ4n) is 1.84. The van der Waals surface area contributed by atoms with Crippen LogP contribution in [0.25, 0.3) is 0 Å². The zero-order valence-electron chi connectivity index (χ0n) is 8.88. The van der Waals surface area contributed by atoms with Crippen LogP contribution >= 0.6 is 0 Å². The van der Waals surface area contributed by atoms with Crippen molar-refractivity contribution < 1.29 is 0 Å². The average molecular weight is 190 g/mol. The highest BCUT2D eigenvalue weighted by Gasteiger charge is 2.26. The van der Waals surface area contributed by atoms with Crippen molar-refractivity contribution in [2.24, 2.45) is 0 Å². The molecule has 1 aromatic rings. The molecule has 2 rings (SSSR count). The Morgan fingerprint density at radius 2 is 1.86 bits per heavy atom. The minimum Gasteiger partial charge on any atom is -0.314 e. The molecule has 0 saturated carbocycles. The molecule has 0 bridgehead atoms. The van der Waals surface area contributed by atoms with Gasteiger partial charge in [-0.25, -0.2) is 0 Å². The highest BCUT2D eigenvalue weighted by molar-refractivity contribution is 5.23. The molecule has 1 heterocycles. The predicted molar refractivity (Wildman–Crippen MR) is 59.3 cm³/mol. The Kier molecular flexibility index (Phi) is 2.57. The molecule has 0 spiro atoms. The number of hydrogen-bond acceptors (Lipinski definition) is 2. The minimum absolute atomic E-state index is 0.0774. The normalized spacial score (nSPS) is 17.9. The molecule has 1 fully saturated rings. The summed E-state index contributed by atoms with van der Waals surface area (Å²) in [4.78, 5) is 0. The van der Waals surface area contributed by atoms with E-state index in [0.717, 1.165) is 13.1 Å². The second-order valence-corrected chi connectivity index (χ2v) is 4.49. The van der Waals surface area contributed by atoms with Crippen molar-refractivity contribution >= 4 is 0 Å². The molecule has 0 radical (unpaired) electrons. The van der Waals surface area contributed by atoms with E-state index >= 15 is 0 Å². The van der Waals surface area contributed by atoms with Crippen LogP contribution in [-0.4, -0.2) is 19.1 Å². The van der Waals surface area contributed by atoms with Gasteiger partial charge in [0, 0.05) is 24.7 Å². The van der Waals surface area contributed by atoms with Gasteiger partial charge in [0.2, 0.25) is 0 Å². The summed E-state index contributed by atoms with van der Waals surface area (Å²) in [6.07, 6.45) is 0. The van der Waals surface area contributed by atoms with E-state index in [1.165, 1.54) is 5.56 Å². The van der Waals surface area contributed by atoms with Gasteiger partial charge in [-0.1, -0.05) is 30.3 Å². The number of hydrogen-bond donors (Lipinski definition) is 2. The maximum absolute atomic E-state index is 3.65. The second-order valence-electron chi connectivity index (χ2n) is 4.49. The topological polar surface area (TPSA) is 24.1 Å². The van der Waals surface area contributed by atoms with E-state index in [2.05, 4.69) is 54.8 Å². The molecule has 2 N–H and O–H groups in total. The minimum atomic E-state index is 0.0774. The van der Waals surface area contributed by atoms with Gasteiger partial charge in [-0.3, -0.25) is 0 Å². The summed E-state index contributed by atoms with van der Waals surface area (Å²) in [5.74, 6) is 0. The van der Waals surface area contributed by atoms with E-state index in [1.54, 1.807) is 0 Å². The molecule has 14 heavy (non-hydrogen) atoms. The highest BCUT2D eigenvalue weighted by atomic mass is 15.1. The van der Waals surface area contributed by atoms with Gasteiger partial charge in [0.05, 0.1) is 0 Å². The van der Waals surface area contributed by atoms with E-state index < -0.39 is 0 Å². The van der Waals surface area contributed by atoms with Gasteiger partial charge in [0.15, 0.2) is 0 Å². The summed E-state index contributed by atoms with van der Waals surface area (Å²) >= 11 is 0. The summed E-state index contributed by atoms with van der Waals surface area (Å²) in [5.41, 5.74) is 1.43. The van der Waals surface area contributed by atoms with Crippen LogP contribution < -0.4 is 10.6 Å². The number of nitrogens with one attached hydrogen (secondary N) is 2. The summed E-state index contributed by atoms with van der Waals surface area (Å²) < 4.78 is 0. The van der Waals surface area contributed by atoms with Crippen LogP contribution in [0.15, 0.2) is 30.3 Å². The Morgan fingerprint density at radius 1 is 1.21 bits per heavy atom. The molecule has 0 aliphatic carbocycles. The molecule has 1 aliphatic rings. The third-order valence-electron chi connectivity index (χ3n) is 2.84. The fourth-order valence-corrected chi connectivity index (χ4v) is 1.84. The molecular weight excluding hydrogens is 172 g/mol. The molecule has 0 aromatic heterocycles. The van der Waals surface area contributed by atoms with Gasteiger partial charge in [-0.05, 0) is 19.4 Å². The Morgan fingerprint density at radius 3 is 2.36 bits per heavy atom. The molecular formula is C12H18N2. The lowest BCUT2D eigenvalue weighted by molar-refractivity contribution is 0.274. The van der Waals surface area contributed by atoms with Gasteiger partial charge in [-0.2, -0.15) is 0 Å². The van der Waals surface area contributed by atoms with Gasteiger partial charge in [0.25, 0.3) is 0 Å². The van der Waals surface area contributed by atoms with E-state index in [9.17, 15) is 0 Å². The lowest BCUT2D eigenvalue weighted by atomic mass is 9.92. The lowest BCUT2D eigenvalue weighted by Gasteiger charge is -2.37. The number of benzene rings is 1. The summed E-state index contributed by atoms with van der Waals surface area (Å²) in [5, 5.41) is 6.92. The van der Waals surface area contributed by atoms with Crippen molar-refractivity contribution in [3.8, 4) is 0 Å². The molecule has 0 amide bonds. The van der Waals surface area contributed by atoms with Crippen LogP contribution in [-0.2, 0) is 5.54 Å². The third-order valence-corrected chi connectivity index (χ3v) is 2.84. The van der Waals surface area contributed by atoms with Crippen LogP contribution in [0.2, 0.25) is 0 Å². The molecule has 0 atom stereocenters. The Bertz CT molecular complexity index is 288. The number of rotatable bonds is 3. The summed E-state index contributed by atoms with van der Waals surface area (Å²) in [7, 11) is 0. The van der Waals surface area contributed by atoms with E-state index in [4.69, 9.17) is 0 Å². The standard InChI is InChI=1S/C12H18N2/c1-12(2,14-11-8-13-9-11)10-6-4-3-5-7-10/h3-7,11,13-14H,8-9H2,1-2H3. The fraction of sp³-hybridized carbons (Fsp3) is 0.500. The van der Waals surface area contributed by atoms with Crippen LogP contribution in [0.3, 0.4) is 0 Å². The third kappa shape index (κ3) is 1.97. The zero-order valence-corrected chi connectivity index (χ0v) is 8.88. The largest absolute Gasteiger partial charge is 0.314 e. The Labute approximate surface area is 85.7 Å². The van der Waals surface area contributed by atoms with Crippen LogP contribution in [0, 0.1) is 0 Å². The van der Waals surface area contributed by atoms with Crippen LogP contribution in [0.1, 0.15) is 19.4 Å². The molecule has 1 aromatic carbocycles. The van der Waals surface area contributed by atoms with E-state index in [0.29, 0.717) is 6.04 Å². The second kappa shape index (κ2) is 3.71. The molecule has 76 valence electrons. The molecule has 2 nitrogen and oxygen atoms in total.